The van der Waals surface area contributed by atoms with E-state index in [1.807, 2.05) is 36.1 Å². The van der Waals surface area contributed by atoms with Crippen LogP contribution in [0.2, 0.25) is 0 Å². The maximum absolute atomic E-state index is 12.6. The summed E-state index contributed by atoms with van der Waals surface area (Å²) in [6.45, 7) is 8.51. The van der Waals surface area contributed by atoms with Gasteiger partial charge in [0.2, 0.25) is 11.8 Å². The molecule has 0 bridgehead atoms. The molecule has 25 heavy (non-hydrogen) atoms. The first kappa shape index (κ1) is 18.4. The number of amides is 1. The fourth-order valence-electron chi connectivity index (χ4n) is 2.74. The van der Waals surface area contributed by atoms with Gasteiger partial charge in [0.1, 0.15) is 0 Å². The van der Waals surface area contributed by atoms with Gasteiger partial charge in [-0.1, -0.05) is 40.7 Å². The van der Waals surface area contributed by atoms with Gasteiger partial charge < -0.3 is 14.2 Å². The Balaban J connectivity index is 1.60. The van der Waals surface area contributed by atoms with Crippen LogP contribution in [0.15, 0.2) is 38.4 Å². The molecule has 0 saturated carbocycles. The standard InChI is InChI=1S/C17H21BrN4O2S/c1-3-21-7-9-22(10-8-21)16(23)12(2)25-17-20-19-15(24-17)13-5-4-6-14(18)11-13/h4-6,11-12H,3,7-10H2,1-2H3/t12-/m0/s1. The van der Waals surface area contributed by atoms with E-state index in [1.54, 1.807) is 0 Å². The van der Waals surface area contributed by atoms with E-state index in [4.69, 9.17) is 4.42 Å². The number of hydrogen-bond acceptors (Lipinski definition) is 6. The van der Waals surface area contributed by atoms with Crippen LogP contribution in [0.5, 0.6) is 0 Å². The second-order valence-electron chi connectivity index (χ2n) is 5.90. The van der Waals surface area contributed by atoms with Crippen LogP contribution in [-0.2, 0) is 4.79 Å². The molecular weight excluding hydrogens is 404 g/mol. The first-order valence-corrected chi connectivity index (χ1v) is 10.0. The van der Waals surface area contributed by atoms with E-state index in [0.717, 1.165) is 42.8 Å². The molecule has 1 saturated heterocycles. The average molecular weight is 425 g/mol. The minimum atomic E-state index is -0.246. The maximum atomic E-state index is 12.6. The molecule has 2 aromatic rings. The molecule has 8 heteroatoms. The zero-order chi connectivity index (χ0) is 17.8. The molecule has 0 unspecified atom stereocenters. The van der Waals surface area contributed by atoms with E-state index < -0.39 is 0 Å². The molecule has 1 fully saturated rings. The monoisotopic (exact) mass is 424 g/mol. The normalized spacial score (nSPS) is 16.8. The molecule has 1 atom stereocenters. The van der Waals surface area contributed by atoms with Crippen molar-refractivity contribution in [1.82, 2.24) is 20.0 Å². The van der Waals surface area contributed by atoms with E-state index in [1.165, 1.54) is 11.8 Å². The van der Waals surface area contributed by atoms with Gasteiger partial charge in [-0.25, -0.2) is 0 Å². The van der Waals surface area contributed by atoms with Gasteiger partial charge in [0.05, 0.1) is 5.25 Å². The SMILES string of the molecule is CCN1CCN(C(=O)[C@H](C)Sc2nnc(-c3cccc(Br)c3)o2)CC1. The minimum Gasteiger partial charge on any atom is -0.411 e. The molecule has 6 nitrogen and oxygen atoms in total. The Labute approximate surface area is 160 Å². The number of carbonyl (C=O) groups excluding carboxylic acids is 1. The number of likely N-dealkylation sites (N-methyl/N-ethyl adjacent to an activating group) is 1. The van der Waals surface area contributed by atoms with Gasteiger partial charge in [0.15, 0.2) is 0 Å². The highest BCUT2D eigenvalue weighted by Gasteiger charge is 2.26. The largest absolute Gasteiger partial charge is 0.411 e. The Morgan fingerprint density at radius 2 is 2.08 bits per heavy atom. The molecule has 1 aliphatic rings. The van der Waals surface area contributed by atoms with Gasteiger partial charge >= 0.3 is 0 Å². The molecule has 1 amide bonds. The third kappa shape index (κ3) is 4.62. The molecule has 0 N–H and O–H groups in total. The number of halogens is 1. The molecular formula is C17H21BrN4O2S. The van der Waals surface area contributed by atoms with Crippen LogP contribution in [-0.4, -0.2) is 63.9 Å². The third-order valence-electron chi connectivity index (χ3n) is 4.23. The zero-order valence-electron chi connectivity index (χ0n) is 14.3. The van der Waals surface area contributed by atoms with Gasteiger partial charge in [-0.15, -0.1) is 10.2 Å². The molecule has 0 radical (unpaired) electrons. The fourth-order valence-corrected chi connectivity index (χ4v) is 3.91. The molecule has 3 rings (SSSR count). The van der Waals surface area contributed by atoms with Crippen molar-refractivity contribution in [2.75, 3.05) is 32.7 Å². The highest BCUT2D eigenvalue weighted by molar-refractivity contribution is 9.10. The summed E-state index contributed by atoms with van der Waals surface area (Å²) in [5.74, 6) is 0.586. The van der Waals surface area contributed by atoms with Crippen LogP contribution >= 0.6 is 27.7 Å². The van der Waals surface area contributed by atoms with E-state index >= 15 is 0 Å². The highest BCUT2D eigenvalue weighted by atomic mass is 79.9. The number of aromatic nitrogens is 2. The Bertz CT molecular complexity index is 731. The lowest BCUT2D eigenvalue weighted by molar-refractivity contribution is -0.132. The summed E-state index contributed by atoms with van der Waals surface area (Å²) in [5.41, 5.74) is 0.850. The van der Waals surface area contributed by atoms with Crippen LogP contribution in [0.25, 0.3) is 11.5 Å². The molecule has 2 heterocycles. The van der Waals surface area contributed by atoms with Crippen molar-refractivity contribution in [2.24, 2.45) is 0 Å². The lowest BCUT2D eigenvalue weighted by atomic mass is 10.2. The predicted octanol–water partition coefficient (Wildman–Crippen LogP) is 3.14. The molecule has 1 aromatic carbocycles. The van der Waals surface area contributed by atoms with Crippen molar-refractivity contribution >= 4 is 33.6 Å². The Morgan fingerprint density at radius 3 is 2.76 bits per heavy atom. The zero-order valence-corrected chi connectivity index (χ0v) is 16.7. The lowest BCUT2D eigenvalue weighted by Gasteiger charge is -2.35. The topological polar surface area (TPSA) is 62.5 Å². The summed E-state index contributed by atoms with van der Waals surface area (Å²) < 4.78 is 6.66. The van der Waals surface area contributed by atoms with E-state index in [2.05, 4.69) is 38.0 Å². The summed E-state index contributed by atoms with van der Waals surface area (Å²) >= 11 is 4.75. The van der Waals surface area contributed by atoms with Crippen LogP contribution < -0.4 is 0 Å². The predicted molar refractivity (Wildman–Crippen MR) is 101 cm³/mol. The minimum absolute atomic E-state index is 0.128. The van der Waals surface area contributed by atoms with E-state index in [0.29, 0.717) is 11.1 Å². The molecule has 0 spiro atoms. The third-order valence-corrected chi connectivity index (χ3v) is 5.65. The summed E-state index contributed by atoms with van der Waals surface area (Å²) in [7, 11) is 0. The summed E-state index contributed by atoms with van der Waals surface area (Å²) in [6, 6.07) is 7.69. The first-order chi connectivity index (χ1) is 12.1. The average Bonchev–Trinajstić information content (AvgIpc) is 3.09. The Kier molecular flexibility index (Phi) is 6.14. The number of rotatable bonds is 5. The first-order valence-electron chi connectivity index (χ1n) is 8.34. The highest BCUT2D eigenvalue weighted by Crippen LogP contribution is 2.28. The van der Waals surface area contributed by atoms with Crippen LogP contribution in [0.1, 0.15) is 13.8 Å². The van der Waals surface area contributed by atoms with Crippen molar-refractivity contribution in [3.05, 3.63) is 28.7 Å². The summed E-state index contributed by atoms with van der Waals surface area (Å²) in [5, 5.41) is 8.32. The Morgan fingerprint density at radius 1 is 1.32 bits per heavy atom. The van der Waals surface area contributed by atoms with Crippen molar-refractivity contribution < 1.29 is 9.21 Å². The second-order valence-corrected chi connectivity index (χ2v) is 8.11. The van der Waals surface area contributed by atoms with Crippen molar-refractivity contribution in [3.63, 3.8) is 0 Å². The molecule has 1 aromatic heterocycles. The lowest BCUT2D eigenvalue weighted by Crippen LogP contribution is -2.50. The fraction of sp³-hybridized carbons (Fsp3) is 0.471. The van der Waals surface area contributed by atoms with Crippen molar-refractivity contribution in [3.8, 4) is 11.5 Å². The van der Waals surface area contributed by atoms with Crippen LogP contribution in [0.3, 0.4) is 0 Å². The molecule has 134 valence electrons. The number of thioether (sulfide) groups is 1. The number of piperazine rings is 1. The van der Waals surface area contributed by atoms with Gasteiger partial charge in [0, 0.05) is 36.2 Å². The van der Waals surface area contributed by atoms with Gasteiger partial charge in [-0.2, -0.15) is 0 Å². The summed E-state index contributed by atoms with van der Waals surface area (Å²) in [6.07, 6.45) is 0. The van der Waals surface area contributed by atoms with E-state index in [9.17, 15) is 4.79 Å². The van der Waals surface area contributed by atoms with Crippen LogP contribution in [0, 0.1) is 0 Å². The van der Waals surface area contributed by atoms with E-state index in [-0.39, 0.29) is 11.2 Å². The van der Waals surface area contributed by atoms with Gasteiger partial charge in [-0.3, -0.25) is 4.79 Å². The maximum Gasteiger partial charge on any atom is 0.277 e. The Hall–Kier alpha value is -1.38. The quantitative estimate of drug-likeness (QED) is 0.686. The number of carbonyl (C=O) groups is 1. The molecule has 0 aliphatic carbocycles. The second kappa shape index (κ2) is 8.33. The number of nitrogens with zero attached hydrogens (tertiary/aromatic N) is 4. The number of benzene rings is 1. The van der Waals surface area contributed by atoms with Gasteiger partial charge in [0.25, 0.3) is 5.22 Å². The molecule has 1 aliphatic heterocycles. The smallest absolute Gasteiger partial charge is 0.277 e. The van der Waals surface area contributed by atoms with Gasteiger partial charge in [-0.05, 0) is 31.7 Å². The van der Waals surface area contributed by atoms with Crippen molar-refractivity contribution in [1.29, 1.82) is 0 Å². The van der Waals surface area contributed by atoms with Crippen LogP contribution in [0.4, 0.5) is 0 Å². The van der Waals surface area contributed by atoms with Crippen molar-refractivity contribution in [2.45, 2.75) is 24.3 Å². The number of hydrogen-bond donors (Lipinski definition) is 0. The summed E-state index contributed by atoms with van der Waals surface area (Å²) in [4.78, 5) is 16.9.